The molecule has 0 saturated carbocycles. The Balaban J connectivity index is 2.42. The normalized spacial score (nSPS) is 19.9. The van der Waals surface area contributed by atoms with Crippen molar-refractivity contribution in [3.05, 3.63) is 29.8 Å². The van der Waals surface area contributed by atoms with Gasteiger partial charge in [-0.25, -0.2) is 4.79 Å². The smallest absolute Gasteiger partial charge is 0.346 e. The first-order valence-electron chi connectivity index (χ1n) is 5.46. The van der Waals surface area contributed by atoms with Gasteiger partial charge in [0.25, 0.3) is 0 Å². The van der Waals surface area contributed by atoms with Crippen molar-refractivity contribution in [2.75, 3.05) is 0 Å². The van der Waals surface area contributed by atoms with Gasteiger partial charge in [0.05, 0.1) is 0 Å². The molecule has 1 atom stereocenters. The lowest BCUT2D eigenvalue weighted by molar-refractivity contribution is 0.190. The third kappa shape index (κ3) is 1.95. The highest BCUT2D eigenvalue weighted by atomic mass is 16.3. The molecule has 2 rings (SSSR count). The highest BCUT2D eigenvalue weighted by molar-refractivity contribution is 6.03. The first kappa shape index (κ1) is 11.4. The van der Waals surface area contributed by atoms with Gasteiger partial charge < -0.3 is 15.7 Å². The zero-order valence-corrected chi connectivity index (χ0v) is 9.79. The van der Waals surface area contributed by atoms with Crippen molar-refractivity contribution in [2.24, 2.45) is 10.7 Å². The van der Waals surface area contributed by atoms with Crippen molar-refractivity contribution < 1.29 is 9.90 Å². The van der Waals surface area contributed by atoms with Crippen LogP contribution in [0.5, 0.6) is 5.75 Å². The summed E-state index contributed by atoms with van der Waals surface area (Å²) in [5.74, 6) is 0.424. The number of aromatic hydroxyl groups is 1. The lowest BCUT2D eigenvalue weighted by Gasteiger charge is -2.28. The molecule has 1 aliphatic rings. The average Bonchev–Trinajstić information content (AvgIpc) is 2.53. The lowest BCUT2D eigenvalue weighted by atomic mass is 10.0. The van der Waals surface area contributed by atoms with Crippen LogP contribution in [0.2, 0.25) is 0 Å². The quantitative estimate of drug-likeness (QED) is 0.814. The van der Waals surface area contributed by atoms with E-state index in [1.54, 1.807) is 23.1 Å². The number of phenols is 1. The third-order valence-corrected chi connectivity index (χ3v) is 2.75. The fraction of sp³-hybridized carbons (Fsp3) is 0.333. The highest BCUT2D eigenvalue weighted by Gasteiger charge is 2.36. The van der Waals surface area contributed by atoms with Crippen LogP contribution < -0.4 is 5.73 Å². The summed E-state index contributed by atoms with van der Waals surface area (Å²) in [5, 5.41) is 9.47. The van der Waals surface area contributed by atoms with Crippen LogP contribution in [-0.4, -0.2) is 27.9 Å². The summed E-state index contributed by atoms with van der Waals surface area (Å²) in [4.78, 5) is 17.1. The van der Waals surface area contributed by atoms with Crippen molar-refractivity contribution in [1.29, 1.82) is 0 Å². The van der Waals surface area contributed by atoms with Gasteiger partial charge in [0.15, 0.2) is 0 Å². The van der Waals surface area contributed by atoms with Gasteiger partial charge in [0, 0.05) is 6.04 Å². The van der Waals surface area contributed by atoms with E-state index >= 15 is 0 Å². The summed E-state index contributed by atoms with van der Waals surface area (Å²) >= 11 is 0. The monoisotopic (exact) mass is 233 g/mol. The van der Waals surface area contributed by atoms with Crippen molar-refractivity contribution in [2.45, 2.75) is 25.9 Å². The largest absolute Gasteiger partial charge is 0.508 e. The van der Waals surface area contributed by atoms with Gasteiger partial charge in [-0.1, -0.05) is 12.1 Å². The second-order valence-corrected chi connectivity index (χ2v) is 4.32. The molecular weight excluding hydrogens is 218 g/mol. The Morgan fingerprint density at radius 3 is 2.76 bits per heavy atom. The van der Waals surface area contributed by atoms with E-state index in [0.717, 1.165) is 5.56 Å². The van der Waals surface area contributed by atoms with Crippen molar-refractivity contribution in [1.82, 2.24) is 4.90 Å². The zero-order chi connectivity index (χ0) is 12.6. The summed E-state index contributed by atoms with van der Waals surface area (Å²) in [6.07, 6.45) is 0. The van der Waals surface area contributed by atoms with Gasteiger partial charge in [-0.2, -0.15) is 4.99 Å². The van der Waals surface area contributed by atoms with E-state index in [1.165, 1.54) is 0 Å². The maximum atomic E-state index is 11.7. The lowest BCUT2D eigenvalue weighted by Crippen LogP contribution is -2.38. The predicted octanol–water partition coefficient (Wildman–Crippen LogP) is 1.63. The molecule has 0 bridgehead atoms. The fourth-order valence-electron chi connectivity index (χ4n) is 2.03. The van der Waals surface area contributed by atoms with E-state index in [9.17, 15) is 9.90 Å². The van der Waals surface area contributed by atoms with Gasteiger partial charge in [-0.05, 0) is 31.5 Å². The molecule has 0 aliphatic carbocycles. The van der Waals surface area contributed by atoms with E-state index in [1.807, 2.05) is 19.9 Å². The maximum absolute atomic E-state index is 11.7. The Bertz CT molecular complexity index is 482. The van der Waals surface area contributed by atoms with E-state index in [4.69, 9.17) is 5.73 Å². The van der Waals surface area contributed by atoms with Crippen LogP contribution in [-0.2, 0) is 0 Å². The number of nitrogens with two attached hydrogens (primary N) is 1. The molecule has 17 heavy (non-hydrogen) atoms. The molecule has 90 valence electrons. The standard InChI is InChI=1S/C12H15N3O2/c1-7(2)15-10(11(13)14-12(15)17)8-4-3-5-9(16)6-8/h3-7,10,16H,1-2H3,(H2,13,14,17). The molecular formula is C12H15N3O2. The number of amidine groups is 1. The number of rotatable bonds is 2. The first-order valence-corrected chi connectivity index (χ1v) is 5.46. The molecule has 1 aromatic carbocycles. The molecule has 1 unspecified atom stereocenters. The molecule has 0 radical (unpaired) electrons. The summed E-state index contributed by atoms with van der Waals surface area (Å²) in [6, 6.07) is 6.01. The van der Waals surface area contributed by atoms with Gasteiger partial charge in [0.2, 0.25) is 0 Å². The van der Waals surface area contributed by atoms with Crippen LogP contribution >= 0.6 is 0 Å². The van der Waals surface area contributed by atoms with Crippen LogP contribution in [0, 0.1) is 0 Å². The van der Waals surface area contributed by atoms with Gasteiger partial charge >= 0.3 is 6.03 Å². The van der Waals surface area contributed by atoms with E-state index in [-0.39, 0.29) is 29.7 Å². The molecule has 1 aliphatic heterocycles. The minimum absolute atomic E-state index is 0.000325. The Hall–Kier alpha value is -2.04. The summed E-state index contributed by atoms with van der Waals surface area (Å²) < 4.78 is 0. The SMILES string of the molecule is CC(C)N1C(=O)N=C(N)C1c1cccc(O)c1. The summed E-state index contributed by atoms with van der Waals surface area (Å²) in [6.45, 7) is 3.81. The number of benzene rings is 1. The van der Waals surface area contributed by atoms with E-state index < -0.39 is 0 Å². The highest BCUT2D eigenvalue weighted by Crippen LogP contribution is 2.30. The number of hydrogen-bond acceptors (Lipinski definition) is 3. The first-order chi connectivity index (χ1) is 8.00. The van der Waals surface area contributed by atoms with Crippen LogP contribution in [0.3, 0.4) is 0 Å². The van der Waals surface area contributed by atoms with Crippen LogP contribution in [0.1, 0.15) is 25.5 Å². The number of urea groups is 1. The molecule has 2 amide bonds. The molecule has 0 spiro atoms. The number of carbonyl (C=O) groups excluding carboxylic acids is 1. The number of hydrogen-bond donors (Lipinski definition) is 2. The van der Waals surface area contributed by atoms with E-state index in [2.05, 4.69) is 4.99 Å². The average molecular weight is 233 g/mol. The molecule has 0 saturated heterocycles. The predicted molar refractivity (Wildman–Crippen MR) is 64.8 cm³/mol. The Kier molecular flexibility index (Phi) is 2.75. The number of carbonyl (C=O) groups is 1. The number of nitrogens with zero attached hydrogens (tertiary/aromatic N) is 2. The number of aliphatic imine (C=N–C) groups is 1. The fourth-order valence-corrected chi connectivity index (χ4v) is 2.03. The molecule has 3 N–H and O–H groups in total. The summed E-state index contributed by atoms with van der Waals surface area (Å²) in [5.41, 5.74) is 6.55. The molecule has 1 aromatic rings. The second-order valence-electron chi connectivity index (χ2n) is 4.32. The maximum Gasteiger partial charge on any atom is 0.346 e. The van der Waals surface area contributed by atoms with Crippen molar-refractivity contribution in [3.8, 4) is 5.75 Å². The van der Waals surface area contributed by atoms with Gasteiger partial charge in [0.1, 0.15) is 17.6 Å². The van der Waals surface area contributed by atoms with Crippen LogP contribution in [0.25, 0.3) is 0 Å². The topological polar surface area (TPSA) is 78.9 Å². The molecule has 5 nitrogen and oxygen atoms in total. The zero-order valence-electron chi connectivity index (χ0n) is 9.79. The molecule has 0 aromatic heterocycles. The molecule has 1 heterocycles. The summed E-state index contributed by atoms with van der Waals surface area (Å²) in [7, 11) is 0. The molecule has 0 fully saturated rings. The second kappa shape index (κ2) is 4.08. The van der Waals surface area contributed by atoms with Crippen molar-refractivity contribution >= 4 is 11.9 Å². The minimum Gasteiger partial charge on any atom is -0.508 e. The Morgan fingerprint density at radius 1 is 1.47 bits per heavy atom. The van der Waals surface area contributed by atoms with E-state index in [0.29, 0.717) is 0 Å². The van der Waals surface area contributed by atoms with Crippen LogP contribution in [0.4, 0.5) is 4.79 Å². The molecule has 5 heteroatoms. The van der Waals surface area contributed by atoms with Crippen molar-refractivity contribution in [3.63, 3.8) is 0 Å². The third-order valence-electron chi connectivity index (χ3n) is 2.75. The van der Waals surface area contributed by atoms with Crippen LogP contribution in [0.15, 0.2) is 29.3 Å². The number of phenolic OH excluding ortho intramolecular Hbond substituents is 1. The minimum atomic E-state index is -0.380. The Labute approximate surface area is 99.6 Å². The number of amides is 2. The Morgan fingerprint density at radius 2 is 2.18 bits per heavy atom. The van der Waals surface area contributed by atoms with Gasteiger partial charge in [-0.3, -0.25) is 0 Å². The van der Waals surface area contributed by atoms with Gasteiger partial charge in [-0.15, -0.1) is 0 Å².